The first-order chi connectivity index (χ1) is 7.69. The van der Waals surface area contributed by atoms with Gasteiger partial charge in [0.2, 0.25) is 0 Å². The lowest BCUT2D eigenvalue weighted by Crippen LogP contribution is -2.62. The van der Waals surface area contributed by atoms with E-state index in [-0.39, 0.29) is 6.09 Å². The number of nitrogens with one attached hydrogen (secondary N) is 1. The zero-order valence-corrected chi connectivity index (χ0v) is 11.9. The lowest BCUT2D eigenvalue weighted by Gasteiger charge is -2.41. The van der Waals surface area contributed by atoms with Gasteiger partial charge in [-0.2, -0.15) is 0 Å². The molecule has 0 bridgehead atoms. The van der Waals surface area contributed by atoms with Crippen molar-refractivity contribution >= 4 is 6.09 Å². The molecule has 1 heterocycles. The van der Waals surface area contributed by atoms with E-state index in [0.717, 1.165) is 13.1 Å². The fraction of sp³-hybridized carbons (Fsp3) is 0.923. The molecule has 0 saturated carbocycles. The molecule has 4 heteroatoms. The maximum Gasteiger partial charge on any atom is 0.410 e. The van der Waals surface area contributed by atoms with E-state index >= 15 is 0 Å². The van der Waals surface area contributed by atoms with E-state index in [1.807, 2.05) is 20.8 Å². The molecule has 0 aromatic heterocycles. The Labute approximate surface area is 105 Å². The summed E-state index contributed by atoms with van der Waals surface area (Å²) < 4.78 is 5.30. The third-order valence-electron chi connectivity index (χ3n) is 3.03. The number of hydrogen-bond acceptors (Lipinski definition) is 3. The molecule has 0 aromatic carbocycles. The fourth-order valence-corrected chi connectivity index (χ4v) is 1.62. The van der Waals surface area contributed by atoms with Crippen molar-refractivity contribution in [3.8, 4) is 0 Å². The van der Waals surface area contributed by atoms with Crippen LogP contribution < -0.4 is 5.32 Å². The van der Waals surface area contributed by atoms with Gasteiger partial charge in [-0.3, -0.25) is 0 Å². The molecule has 1 saturated heterocycles. The molecule has 0 radical (unpaired) electrons. The van der Waals surface area contributed by atoms with Gasteiger partial charge in [-0.15, -0.1) is 0 Å². The van der Waals surface area contributed by atoms with Gasteiger partial charge < -0.3 is 15.0 Å². The van der Waals surface area contributed by atoms with Crippen LogP contribution in [-0.2, 0) is 4.74 Å². The van der Waals surface area contributed by atoms with Crippen molar-refractivity contribution in [3.63, 3.8) is 0 Å². The number of carbonyl (C=O) groups is 1. The average Bonchev–Trinajstić information content (AvgIpc) is 2.06. The van der Waals surface area contributed by atoms with Crippen molar-refractivity contribution in [1.29, 1.82) is 0 Å². The molecule has 4 nitrogen and oxygen atoms in total. The van der Waals surface area contributed by atoms with Crippen LogP contribution in [0.1, 0.15) is 41.5 Å². The van der Waals surface area contributed by atoms with Crippen LogP contribution in [0.3, 0.4) is 0 Å². The van der Waals surface area contributed by atoms with Crippen molar-refractivity contribution < 1.29 is 9.53 Å². The second-order valence-electron chi connectivity index (χ2n) is 6.28. The Bertz CT molecular complexity index is 265. The predicted molar refractivity (Wildman–Crippen MR) is 69.0 cm³/mol. The highest BCUT2D eigenvalue weighted by atomic mass is 16.6. The van der Waals surface area contributed by atoms with Gasteiger partial charge in [0.05, 0.1) is 0 Å². The number of nitrogens with zero attached hydrogens (tertiary/aromatic N) is 1. The molecule has 1 N–H and O–H groups in total. The molecule has 0 aliphatic carbocycles. The SMILES string of the molecule is CC(C)C(C)NC1CN(C(=O)OC(C)(C)C)C1. The van der Waals surface area contributed by atoms with Gasteiger partial charge >= 0.3 is 6.09 Å². The summed E-state index contributed by atoms with van der Waals surface area (Å²) >= 11 is 0. The van der Waals surface area contributed by atoms with Gasteiger partial charge in [0, 0.05) is 25.2 Å². The minimum Gasteiger partial charge on any atom is -0.444 e. The molecule has 1 aliphatic heterocycles. The van der Waals surface area contributed by atoms with Crippen LogP contribution in [0.2, 0.25) is 0 Å². The molecular formula is C13H26N2O2. The smallest absolute Gasteiger partial charge is 0.410 e. The summed E-state index contributed by atoms with van der Waals surface area (Å²) in [6.45, 7) is 13.8. The molecule has 17 heavy (non-hydrogen) atoms. The summed E-state index contributed by atoms with van der Waals surface area (Å²) in [4.78, 5) is 13.4. The van der Waals surface area contributed by atoms with Gasteiger partial charge in [0.1, 0.15) is 5.60 Å². The van der Waals surface area contributed by atoms with Gasteiger partial charge in [0.25, 0.3) is 0 Å². The number of rotatable bonds is 3. The number of hydrogen-bond donors (Lipinski definition) is 1. The summed E-state index contributed by atoms with van der Waals surface area (Å²) in [5.74, 6) is 0.616. The first-order valence-electron chi connectivity index (χ1n) is 6.43. The second-order valence-corrected chi connectivity index (χ2v) is 6.28. The van der Waals surface area contributed by atoms with Gasteiger partial charge in [-0.05, 0) is 33.6 Å². The Hall–Kier alpha value is -0.770. The fourth-order valence-electron chi connectivity index (χ4n) is 1.62. The monoisotopic (exact) mass is 242 g/mol. The Morgan fingerprint density at radius 2 is 1.82 bits per heavy atom. The maximum atomic E-state index is 11.7. The van der Waals surface area contributed by atoms with E-state index in [9.17, 15) is 4.79 Å². The predicted octanol–water partition coefficient (Wildman–Crippen LogP) is 2.24. The molecule has 1 aliphatic rings. The highest BCUT2D eigenvalue weighted by Gasteiger charge is 2.34. The summed E-state index contributed by atoms with van der Waals surface area (Å²) in [6, 6.07) is 0.903. The number of amides is 1. The van der Waals surface area contributed by atoms with Crippen LogP contribution >= 0.6 is 0 Å². The lowest BCUT2D eigenvalue weighted by atomic mass is 10.0. The third kappa shape index (κ3) is 4.54. The van der Waals surface area contributed by atoms with Gasteiger partial charge in [-0.1, -0.05) is 13.8 Å². The molecule has 1 atom stereocenters. The zero-order valence-electron chi connectivity index (χ0n) is 11.9. The van der Waals surface area contributed by atoms with E-state index in [1.54, 1.807) is 4.90 Å². The lowest BCUT2D eigenvalue weighted by molar-refractivity contribution is 0.00382. The van der Waals surface area contributed by atoms with Crippen LogP contribution in [0.15, 0.2) is 0 Å². The maximum absolute atomic E-state index is 11.7. The molecule has 0 spiro atoms. The van der Waals surface area contributed by atoms with Crippen molar-refractivity contribution in [2.45, 2.75) is 59.2 Å². The van der Waals surface area contributed by atoms with E-state index in [4.69, 9.17) is 4.74 Å². The molecule has 1 fully saturated rings. The minimum absolute atomic E-state index is 0.201. The number of ether oxygens (including phenoxy) is 1. The van der Waals surface area contributed by atoms with Crippen molar-refractivity contribution in [2.24, 2.45) is 5.92 Å². The van der Waals surface area contributed by atoms with Gasteiger partial charge in [-0.25, -0.2) is 4.79 Å². The summed E-state index contributed by atoms with van der Waals surface area (Å²) in [6.07, 6.45) is -0.201. The molecule has 0 aromatic rings. The molecule has 1 amide bonds. The average molecular weight is 242 g/mol. The molecule has 1 unspecified atom stereocenters. The quantitative estimate of drug-likeness (QED) is 0.825. The Morgan fingerprint density at radius 3 is 2.24 bits per heavy atom. The number of carbonyl (C=O) groups excluding carboxylic acids is 1. The van der Waals surface area contributed by atoms with Crippen LogP contribution in [0.4, 0.5) is 4.79 Å². The van der Waals surface area contributed by atoms with Crippen molar-refractivity contribution in [3.05, 3.63) is 0 Å². The first-order valence-corrected chi connectivity index (χ1v) is 6.43. The van der Waals surface area contributed by atoms with E-state index in [2.05, 4.69) is 26.1 Å². The third-order valence-corrected chi connectivity index (χ3v) is 3.03. The normalized spacial score (nSPS) is 19.1. The molecular weight excluding hydrogens is 216 g/mol. The highest BCUT2D eigenvalue weighted by molar-refractivity contribution is 5.69. The van der Waals surface area contributed by atoms with Crippen LogP contribution in [-0.4, -0.2) is 41.8 Å². The molecule has 100 valence electrons. The Morgan fingerprint density at radius 1 is 1.29 bits per heavy atom. The van der Waals surface area contributed by atoms with Crippen molar-refractivity contribution in [2.75, 3.05) is 13.1 Å². The van der Waals surface area contributed by atoms with Crippen LogP contribution in [0.25, 0.3) is 0 Å². The highest BCUT2D eigenvalue weighted by Crippen LogP contribution is 2.16. The summed E-state index contributed by atoms with van der Waals surface area (Å²) in [5, 5.41) is 3.51. The van der Waals surface area contributed by atoms with E-state index < -0.39 is 5.60 Å². The minimum atomic E-state index is -0.402. The van der Waals surface area contributed by atoms with E-state index in [1.165, 1.54) is 0 Å². The summed E-state index contributed by atoms with van der Waals surface area (Å²) in [5.41, 5.74) is -0.402. The first kappa shape index (κ1) is 14.3. The Balaban J connectivity index is 2.25. The van der Waals surface area contributed by atoms with Crippen LogP contribution in [0.5, 0.6) is 0 Å². The van der Waals surface area contributed by atoms with Crippen molar-refractivity contribution in [1.82, 2.24) is 10.2 Å². The topological polar surface area (TPSA) is 41.6 Å². The number of likely N-dealkylation sites (tertiary alicyclic amines) is 1. The van der Waals surface area contributed by atoms with Gasteiger partial charge in [0.15, 0.2) is 0 Å². The van der Waals surface area contributed by atoms with E-state index in [0.29, 0.717) is 18.0 Å². The standard InChI is InChI=1S/C13H26N2O2/c1-9(2)10(3)14-11-7-15(8-11)12(16)17-13(4,5)6/h9-11,14H,7-8H2,1-6H3. The summed E-state index contributed by atoms with van der Waals surface area (Å²) in [7, 11) is 0. The zero-order chi connectivity index (χ0) is 13.2. The molecule has 1 rings (SSSR count). The van der Waals surface area contributed by atoms with Crippen LogP contribution in [0, 0.1) is 5.92 Å². The second kappa shape index (κ2) is 5.25. The Kier molecular flexibility index (Phi) is 4.42. The largest absolute Gasteiger partial charge is 0.444 e.